The summed E-state index contributed by atoms with van der Waals surface area (Å²) in [5.41, 5.74) is 11.7. The van der Waals surface area contributed by atoms with E-state index in [2.05, 4.69) is 240 Å². The van der Waals surface area contributed by atoms with E-state index in [1.165, 1.54) is 87.1 Å². The molecule has 12 aromatic rings. The minimum Gasteiger partial charge on any atom is -0.310 e. The number of hydrogen-bond acceptors (Lipinski definition) is 1. The second-order valence-electron chi connectivity index (χ2n) is 15.7. The number of anilines is 3. The first kappa shape index (κ1) is 34.1. The topological polar surface area (TPSA) is 8.17 Å². The number of fused-ring (bicyclic) bond motifs is 9. The molecule has 0 radical (unpaired) electrons. The number of nitrogens with zero attached hydrogens (tertiary/aromatic N) is 2. The maximum Gasteiger partial charge on any atom is 0.0625 e. The van der Waals surface area contributed by atoms with E-state index in [1.807, 2.05) is 0 Å². The summed E-state index contributed by atoms with van der Waals surface area (Å²) in [6.07, 6.45) is 0. The average Bonchev–Trinajstić information content (AvgIpc) is 3.67. The molecule has 0 N–H and O–H groups in total. The number of aromatic nitrogens is 1. The Balaban J connectivity index is 1.06. The Hall–Kier alpha value is -7.94. The van der Waals surface area contributed by atoms with Crippen molar-refractivity contribution >= 4 is 82.0 Å². The van der Waals surface area contributed by atoms with Crippen LogP contribution < -0.4 is 4.90 Å². The Morgan fingerprint density at radius 3 is 1.68 bits per heavy atom. The van der Waals surface area contributed by atoms with Gasteiger partial charge in [0.15, 0.2) is 0 Å². The molecule has 0 aliphatic heterocycles. The lowest BCUT2D eigenvalue weighted by molar-refractivity contribution is 1.19. The molecule has 11 aromatic carbocycles. The second kappa shape index (κ2) is 13.9. The highest BCUT2D eigenvalue weighted by Crippen LogP contribution is 2.45. The zero-order valence-corrected chi connectivity index (χ0v) is 32.8. The molecule has 1 heterocycles. The highest BCUT2D eigenvalue weighted by atomic mass is 15.1. The third-order valence-corrected chi connectivity index (χ3v) is 12.3. The Morgan fingerprint density at radius 1 is 0.300 bits per heavy atom. The molecule has 0 fully saturated rings. The van der Waals surface area contributed by atoms with Gasteiger partial charge in [0.05, 0.1) is 11.0 Å². The largest absolute Gasteiger partial charge is 0.310 e. The highest BCUT2D eigenvalue weighted by molar-refractivity contribution is 6.24. The van der Waals surface area contributed by atoms with E-state index in [1.54, 1.807) is 0 Å². The molecule has 280 valence electrons. The van der Waals surface area contributed by atoms with E-state index in [-0.39, 0.29) is 0 Å². The van der Waals surface area contributed by atoms with Gasteiger partial charge in [0.1, 0.15) is 0 Å². The first-order chi connectivity index (χ1) is 29.8. The second-order valence-corrected chi connectivity index (χ2v) is 15.7. The summed E-state index contributed by atoms with van der Waals surface area (Å²) in [6.45, 7) is 0. The summed E-state index contributed by atoms with van der Waals surface area (Å²) < 4.78 is 2.45. The lowest BCUT2D eigenvalue weighted by Gasteiger charge is -2.27. The number of para-hydroxylation sites is 2. The molecule has 0 atom stereocenters. The van der Waals surface area contributed by atoms with E-state index in [0.717, 1.165) is 22.7 Å². The zero-order chi connectivity index (χ0) is 39.6. The van der Waals surface area contributed by atoms with Gasteiger partial charge in [0, 0.05) is 38.9 Å². The molecule has 12 rings (SSSR count). The fraction of sp³-hybridized carbons (Fsp3) is 0. The van der Waals surface area contributed by atoms with Crippen LogP contribution in [0.3, 0.4) is 0 Å². The fourth-order valence-electron chi connectivity index (χ4n) is 9.57. The van der Waals surface area contributed by atoms with Crippen LogP contribution in [0.1, 0.15) is 0 Å². The van der Waals surface area contributed by atoms with Gasteiger partial charge in [-0.25, -0.2) is 0 Å². The highest BCUT2D eigenvalue weighted by Gasteiger charge is 2.21. The van der Waals surface area contributed by atoms with Crippen molar-refractivity contribution in [2.75, 3.05) is 4.90 Å². The van der Waals surface area contributed by atoms with Crippen molar-refractivity contribution in [1.29, 1.82) is 0 Å². The summed E-state index contributed by atoms with van der Waals surface area (Å²) in [5.74, 6) is 0. The smallest absolute Gasteiger partial charge is 0.0625 e. The maximum absolute atomic E-state index is 2.45. The normalized spacial score (nSPS) is 11.7. The molecule has 1 aromatic heterocycles. The van der Waals surface area contributed by atoms with Crippen molar-refractivity contribution in [3.8, 4) is 27.9 Å². The quantitative estimate of drug-likeness (QED) is 0.153. The van der Waals surface area contributed by atoms with Crippen molar-refractivity contribution < 1.29 is 0 Å². The van der Waals surface area contributed by atoms with Crippen molar-refractivity contribution in [2.24, 2.45) is 0 Å². The Kier molecular flexibility index (Phi) is 7.89. The molecule has 0 bridgehead atoms. The third-order valence-electron chi connectivity index (χ3n) is 12.3. The fourth-order valence-corrected chi connectivity index (χ4v) is 9.57. The van der Waals surface area contributed by atoms with Crippen molar-refractivity contribution in [1.82, 2.24) is 4.57 Å². The summed E-state index contributed by atoms with van der Waals surface area (Å²) in [6, 6.07) is 84.3. The molecule has 60 heavy (non-hydrogen) atoms. The first-order valence-electron chi connectivity index (χ1n) is 20.7. The molecule has 2 nitrogen and oxygen atoms in total. The first-order valence-corrected chi connectivity index (χ1v) is 20.7. The maximum atomic E-state index is 2.45. The van der Waals surface area contributed by atoms with Crippen molar-refractivity contribution in [3.63, 3.8) is 0 Å². The SMILES string of the molecule is c1ccc(-n2c3ccccc3c3c(-c4cccc(N(c5ccc(-c6cc7ccccc7c7ccccc67)cc5)c5ccc6ccccc6c5)c4)cc4ccccc4c32)cc1. The minimum atomic E-state index is 1.10. The third kappa shape index (κ3) is 5.50. The zero-order valence-electron chi connectivity index (χ0n) is 32.8. The predicted octanol–water partition coefficient (Wildman–Crippen LogP) is 16.2. The van der Waals surface area contributed by atoms with E-state index >= 15 is 0 Å². The van der Waals surface area contributed by atoms with Gasteiger partial charge in [-0.3, -0.25) is 0 Å². The molecule has 0 aliphatic rings. The summed E-state index contributed by atoms with van der Waals surface area (Å²) in [5, 5.41) is 12.5. The van der Waals surface area contributed by atoms with Gasteiger partial charge >= 0.3 is 0 Å². The number of rotatable bonds is 6. The molecule has 0 spiro atoms. The van der Waals surface area contributed by atoms with Crippen LogP contribution >= 0.6 is 0 Å². The van der Waals surface area contributed by atoms with Crippen LogP contribution in [-0.2, 0) is 0 Å². The minimum absolute atomic E-state index is 1.10. The standard InChI is InChI=1S/C58H38N2/c1-2-20-45(21-3-1)60-56-28-13-12-27-53(56)57-55(38-44-18-7-9-24-50(44)58(57)60)42-19-14-22-47(36-42)59(48-34-29-39-15-4-5-16-41(39)35-48)46-32-30-40(31-33-46)54-37-43-17-6-8-23-49(43)51-25-10-11-26-52(51)54/h1-38H. The molecule has 0 saturated heterocycles. The molecule has 2 heteroatoms. The van der Waals surface area contributed by atoms with Gasteiger partial charge in [-0.2, -0.15) is 0 Å². The van der Waals surface area contributed by atoms with Crippen LogP contribution in [0.15, 0.2) is 231 Å². The molecule has 0 saturated carbocycles. The monoisotopic (exact) mass is 762 g/mol. The van der Waals surface area contributed by atoms with Crippen molar-refractivity contribution in [3.05, 3.63) is 231 Å². The van der Waals surface area contributed by atoms with E-state index in [0.29, 0.717) is 0 Å². The van der Waals surface area contributed by atoms with Gasteiger partial charge in [-0.05, 0) is 127 Å². The summed E-state index contributed by atoms with van der Waals surface area (Å²) in [7, 11) is 0. The molecular weight excluding hydrogens is 725 g/mol. The molecule has 0 aliphatic carbocycles. The summed E-state index contributed by atoms with van der Waals surface area (Å²) in [4.78, 5) is 2.41. The van der Waals surface area contributed by atoms with Gasteiger partial charge in [0.25, 0.3) is 0 Å². The Labute approximate surface area is 348 Å². The van der Waals surface area contributed by atoms with E-state index < -0.39 is 0 Å². The molecule has 0 amide bonds. The number of hydrogen-bond donors (Lipinski definition) is 0. The average molecular weight is 763 g/mol. The lowest BCUT2D eigenvalue weighted by Crippen LogP contribution is -2.10. The number of benzene rings is 11. The van der Waals surface area contributed by atoms with Gasteiger partial charge in [-0.1, -0.05) is 164 Å². The van der Waals surface area contributed by atoms with Gasteiger partial charge in [-0.15, -0.1) is 0 Å². The van der Waals surface area contributed by atoms with Gasteiger partial charge in [0.2, 0.25) is 0 Å². The molecule has 0 unspecified atom stereocenters. The predicted molar refractivity (Wildman–Crippen MR) is 256 cm³/mol. The van der Waals surface area contributed by atoms with Crippen LogP contribution in [0.2, 0.25) is 0 Å². The summed E-state index contributed by atoms with van der Waals surface area (Å²) >= 11 is 0. The van der Waals surface area contributed by atoms with Crippen LogP contribution in [-0.4, -0.2) is 4.57 Å². The van der Waals surface area contributed by atoms with Crippen LogP contribution in [0.5, 0.6) is 0 Å². The van der Waals surface area contributed by atoms with E-state index in [4.69, 9.17) is 0 Å². The van der Waals surface area contributed by atoms with Crippen LogP contribution in [0, 0.1) is 0 Å². The Morgan fingerprint density at radius 2 is 0.883 bits per heavy atom. The van der Waals surface area contributed by atoms with Crippen molar-refractivity contribution in [2.45, 2.75) is 0 Å². The van der Waals surface area contributed by atoms with Gasteiger partial charge < -0.3 is 9.47 Å². The lowest BCUT2D eigenvalue weighted by atomic mass is 9.93. The van der Waals surface area contributed by atoms with Crippen LogP contribution in [0.25, 0.3) is 92.8 Å². The Bertz CT molecular complexity index is 3600. The van der Waals surface area contributed by atoms with E-state index in [9.17, 15) is 0 Å². The van der Waals surface area contributed by atoms with Crippen LogP contribution in [0.4, 0.5) is 17.1 Å². The molecular formula is C58H38N2.